The normalized spacial score (nSPS) is 17.8. The molecule has 0 aromatic heterocycles. The summed E-state index contributed by atoms with van der Waals surface area (Å²) in [4.78, 5) is 35.9. The smallest absolute Gasteiger partial charge is 0.332 e. The van der Waals surface area contributed by atoms with Crippen molar-refractivity contribution in [1.82, 2.24) is 5.32 Å². The number of carbonyl (C=O) groups excluding carboxylic acids is 3. The van der Waals surface area contributed by atoms with Crippen LogP contribution in [0, 0.1) is 5.92 Å². The number of rotatable bonds is 7. The molecule has 0 saturated carbocycles. The van der Waals surface area contributed by atoms with E-state index in [1.165, 1.54) is 30.4 Å². The number of hydrogen-bond donors (Lipinski definition) is 2. The fourth-order valence-corrected chi connectivity index (χ4v) is 2.89. The highest BCUT2D eigenvalue weighted by Crippen LogP contribution is 2.25. The average Bonchev–Trinajstić information content (AvgIpc) is 2.72. The molecule has 1 fully saturated rings. The first-order chi connectivity index (χ1) is 14.4. The molecule has 2 aromatic rings. The van der Waals surface area contributed by atoms with Gasteiger partial charge in [0.2, 0.25) is 5.91 Å². The van der Waals surface area contributed by atoms with Crippen molar-refractivity contribution in [3.63, 3.8) is 0 Å². The first kappa shape index (κ1) is 20.9. The molecule has 7 nitrogen and oxygen atoms in total. The van der Waals surface area contributed by atoms with Crippen molar-refractivity contribution in [3.8, 4) is 5.75 Å². The molecule has 154 valence electrons. The molecule has 0 aliphatic carbocycles. The van der Waals surface area contributed by atoms with Gasteiger partial charge in [-0.15, -0.1) is 0 Å². The Kier molecular flexibility index (Phi) is 6.64. The van der Waals surface area contributed by atoms with E-state index in [0.29, 0.717) is 11.3 Å². The Bertz CT molecular complexity index is 979. The van der Waals surface area contributed by atoms with Crippen molar-refractivity contribution in [2.75, 3.05) is 0 Å². The molecule has 1 aliphatic rings. The first-order valence-electron chi connectivity index (χ1n) is 9.33. The molecule has 3 rings (SSSR count). The van der Waals surface area contributed by atoms with E-state index in [1.54, 1.807) is 19.1 Å². The topological polar surface area (TPSA) is 102 Å². The number of nitrogens with one attached hydrogen (secondary N) is 1. The quantitative estimate of drug-likeness (QED) is 0.416. The number of benzene rings is 2. The van der Waals surface area contributed by atoms with Crippen LogP contribution in [0.25, 0.3) is 6.08 Å². The highest BCUT2D eigenvalue weighted by atomic mass is 16.5. The Morgan fingerprint density at radius 1 is 1.10 bits per heavy atom. The van der Waals surface area contributed by atoms with Crippen molar-refractivity contribution < 1.29 is 29.0 Å². The highest BCUT2D eigenvalue weighted by Gasteiger charge is 2.40. The second-order valence-corrected chi connectivity index (χ2v) is 6.73. The molecule has 1 saturated heterocycles. The van der Waals surface area contributed by atoms with Crippen LogP contribution in [0.5, 0.6) is 5.75 Å². The molecule has 1 amide bonds. The van der Waals surface area contributed by atoms with Gasteiger partial charge >= 0.3 is 11.9 Å². The lowest BCUT2D eigenvalue weighted by Gasteiger charge is -2.33. The van der Waals surface area contributed by atoms with Gasteiger partial charge in [-0.2, -0.15) is 0 Å². The van der Waals surface area contributed by atoms with Gasteiger partial charge in [0.15, 0.2) is 0 Å². The second kappa shape index (κ2) is 9.56. The van der Waals surface area contributed by atoms with Crippen LogP contribution in [0.15, 0.2) is 72.4 Å². The maximum Gasteiger partial charge on any atom is 0.332 e. The third-order valence-corrected chi connectivity index (χ3v) is 4.46. The minimum atomic E-state index is -0.760. The Balaban J connectivity index is 1.53. The van der Waals surface area contributed by atoms with E-state index in [9.17, 15) is 19.5 Å². The molecular formula is C23H21NO6. The summed E-state index contributed by atoms with van der Waals surface area (Å²) in [5.41, 5.74) is 1.91. The van der Waals surface area contributed by atoms with Gasteiger partial charge in [0.25, 0.3) is 0 Å². The van der Waals surface area contributed by atoms with E-state index in [2.05, 4.69) is 5.32 Å². The predicted octanol–water partition coefficient (Wildman–Crippen LogP) is 2.71. The molecule has 1 heterocycles. The summed E-state index contributed by atoms with van der Waals surface area (Å²) < 4.78 is 10.5. The highest BCUT2D eigenvalue weighted by molar-refractivity contribution is 5.96. The zero-order valence-electron chi connectivity index (χ0n) is 16.3. The van der Waals surface area contributed by atoms with Crippen LogP contribution in [0.1, 0.15) is 18.1 Å². The summed E-state index contributed by atoms with van der Waals surface area (Å²) in [6.07, 6.45) is 3.21. The Morgan fingerprint density at radius 2 is 1.80 bits per heavy atom. The fourth-order valence-electron chi connectivity index (χ4n) is 2.89. The summed E-state index contributed by atoms with van der Waals surface area (Å²) in [7, 11) is 0. The molecule has 0 unspecified atom stereocenters. The van der Waals surface area contributed by atoms with Crippen LogP contribution >= 0.6 is 0 Å². The summed E-state index contributed by atoms with van der Waals surface area (Å²) >= 11 is 0. The Labute approximate surface area is 173 Å². The van der Waals surface area contributed by atoms with Crippen molar-refractivity contribution in [3.05, 3.63) is 83.6 Å². The van der Waals surface area contributed by atoms with Gasteiger partial charge in [0.05, 0.1) is 0 Å². The van der Waals surface area contributed by atoms with Gasteiger partial charge in [0.1, 0.15) is 24.4 Å². The van der Waals surface area contributed by atoms with Crippen LogP contribution in [0.2, 0.25) is 0 Å². The molecule has 1 aliphatic heterocycles. The van der Waals surface area contributed by atoms with E-state index in [-0.39, 0.29) is 18.3 Å². The molecule has 2 atom stereocenters. The van der Waals surface area contributed by atoms with Crippen molar-refractivity contribution >= 4 is 23.9 Å². The number of phenols is 1. The van der Waals surface area contributed by atoms with Crippen LogP contribution in [0.4, 0.5) is 0 Å². The van der Waals surface area contributed by atoms with Gasteiger partial charge < -0.3 is 19.9 Å². The molecule has 0 bridgehead atoms. The van der Waals surface area contributed by atoms with Crippen molar-refractivity contribution in [2.24, 2.45) is 5.92 Å². The van der Waals surface area contributed by atoms with E-state index in [0.717, 1.165) is 5.56 Å². The third-order valence-electron chi connectivity index (χ3n) is 4.46. The number of ether oxygens (including phenoxy) is 2. The minimum Gasteiger partial charge on any atom is -0.508 e. The summed E-state index contributed by atoms with van der Waals surface area (Å²) in [6.45, 7) is 1.70. The molecule has 30 heavy (non-hydrogen) atoms. The molecule has 0 spiro atoms. The number of phenolic OH excluding ortho intramolecular Hbond substituents is 1. The van der Waals surface area contributed by atoms with Crippen LogP contribution in [-0.2, 0) is 30.5 Å². The van der Waals surface area contributed by atoms with Gasteiger partial charge in [-0.25, -0.2) is 9.59 Å². The molecule has 7 heteroatoms. The number of carbonyl (C=O) groups is 3. The maximum atomic E-state index is 12.0. The lowest BCUT2D eigenvalue weighted by atomic mass is 9.90. The number of hydrogen-bond acceptors (Lipinski definition) is 6. The molecule has 0 radical (unpaired) electrons. The van der Waals surface area contributed by atoms with E-state index >= 15 is 0 Å². The fraction of sp³-hybridized carbons (Fsp3) is 0.174. The van der Waals surface area contributed by atoms with E-state index in [1.807, 2.05) is 30.3 Å². The molecule has 2 aromatic carbocycles. The van der Waals surface area contributed by atoms with Crippen molar-refractivity contribution in [1.29, 1.82) is 0 Å². The van der Waals surface area contributed by atoms with Gasteiger partial charge in [0, 0.05) is 17.8 Å². The number of aromatic hydroxyl groups is 1. The average molecular weight is 407 g/mol. The molecule has 2 N–H and O–H groups in total. The number of esters is 2. The van der Waals surface area contributed by atoms with Gasteiger partial charge in [-0.3, -0.25) is 4.79 Å². The third kappa shape index (κ3) is 5.57. The maximum absolute atomic E-state index is 12.0. The predicted molar refractivity (Wildman–Crippen MR) is 109 cm³/mol. The largest absolute Gasteiger partial charge is 0.508 e. The second-order valence-electron chi connectivity index (χ2n) is 6.73. The Morgan fingerprint density at radius 3 is 2.47 bits per heavy atom. The number of amides is 1. The van der Waals surface area contributed by atoms with Gasteiger partial charge in [-0.05, 0) is 36.3 Å². The summed E-state index contributed by atoms with van der Waals surface area (Å²) in [5, 5.41) is 11.8. The van der Waals surface area contributed by atoms with Crippen LogP contribution in [-0.4, -0.2) is 29.1 Å². The monoisotopic (exact) mass is 407 g/mol. The summed E-state index contributed by atoms with van der Waals surface area (Å²) in [6, 6.07) is 15.5. The first-order valence-corrected chi connectivity index (χ1v) is 9.33. The van der Waals surface area contributed by atoms with E-state index in [4.69, 9.17) is 9.47 Å². The Hall–Kier alpha value is -3.87. The van der Waals surface area contributed by atoms with Crippen LogP contribution in [0.3, 0.4) is 0 Å². The lowest BCUT2D eigenvalue weighted by Crippen LogP contribution is -2.52. The zero-order valence-corrected chi connectivity index (χ0v) is 16.3. The lowest BCUT2D eigenvalue weighted by molar-refractivity contribution is -0.148. The van der Waals surface area contributed by atoms with E-state index < -0.39 is 24.0 Å². The summed E-state index contributed by atoms with van der Waals surface area (Å²) in [5.74, 6) is -2.17. The minimum absolute atomic E-state index is 0.120. The van der Waals surface area contributed by atoms with Gasteiger partial charge in [-0.1, -0.05) is 42.5 Å². The SMILES string of the molecule is C[C@@H](OC(=O)/C=C/c1ccc(O)cc1)[C@H]1C(=O)N/C1=C\C(=O)OCc1ccccc1. The van der Waals surface area contributed by atoms with Crippen molar-refractivity contribution in [2.45, 2.75) is 19.6 Å². The standard InChI is InChI=1S/C23H21NO6/c1-15(30-20(26)12-9-16-7-10-18(25)11-8-16)22-19(24-23(22)28)13-21(27)29-14-17-5-3-2-4-6-17/h2-13,15,22,25H,14H2,1H3,(H,24,28)/b12-9+,19-13-/t15-,22-/m1/s1. The van der Waals surface area contributed by atoms with Crippen LogP contribution < -0.4 is 5.32 Å². The zero-order chi connectivity index (χ0) is 21.5. The molecular weight excluding hydrogens is 386 g/mol. The number of β-lactam (4-membered cyclic amide) rings is 1.